The van der Waals surface area contributed by atoms with E-state index in [0.29, 0.717) is 12.1 Å². The SMILES string of the molecule is Cc1cc(-c2[nH]nc3ncccc23)nc2ccc(CC(=O)N(C)C)cc12.Cl. The first-order valence-electron chi connectivity index (χ1n) is 8.43. The van der Waals surface area contributed by atoms with Crippen LogP contribution in [0.5, 0.6) is 0 Å². The molecule has 0 fully saturated rings. The van der Waals surface area contributed by atoms with Crippen LogP contribution in [0.2, 0.25) is 0 Å². The molecule has 0 saturated carbocycles. The molecule has 0 aliphatic carbocycles. The Bertz CT molecular complexity index is 1140. The zero-order chi connectivity index (χ0) is 18.3. The standard InChI is InChI=1S/C20H19N5O.ClH/c1-12-9-17(19-14-5-4-8-21-20(14)24-23-19)22-16-7-6-13(10-15(12)16)11-18(26)25(2)3;/h4-10H,11H2,1-3H3,(H,21,23,24);1H. The van der Waals surface area contributed by atoms with Crippen LogP contribution in [0.4, 0.5) is 0 Å². The molecule has 138 valence electrons. The third-order valence-electron chi connectivity index (χ3n) is 4.52. The van der Waals surface area contributed by atoms with Crippen molar-refractivity contribution in [1.82, 2.24) is 25.1 Å². The fraction of sp³-hybridized carbons (Fsp3) is 0.200. The van der Waals surface area contributed by atoms with Crippen molar-refractivity contribution in [3.05, 3.63) is 53.7 Å². The fourth-order valence-electron chi connectivity index (χ4n) is 3.06. The molecule has 6 nitrogen and oxygen atoms in total. The third kappa shape index (κ3) is 3.48. The Morgan fingerprint density at radius 2 is 1.96 bits per heavy atom. The van der Waals surface area contributed by atoms with Crippen LogP contribution in [-0.4, -0.2) is 45.1 Å². The van der Waals surface area contributed by atoms with Crippen LogP contribution in [-0.2, 0) is 11.2 Å². The van der Waals surface area contributed by atoms with E-state index >= 15 is 0 Å². The van der Waals surface area contributed by atoms with Crippen molar-refractivity contribution in [2.45, 2.75) is 13.3 Å². The second kappa shape index (κ2) is 7.32. The van der Waals surface area contributed by atoms with Crippen LogP contribution in [0.25, 0.3) is 33.3 Å². The van der Waals surface area contributed by atoms with Crippen molar-refractivity contribution in [3.63, 3.8) is 0 Å². The summed E-state index contributed by atoms with van der Waals surface area (Å²) in [7, 11) is 3.54. The highest BCUT2D eigenvalue weighted by molar-refractivity contribution is 5.93. The quantitative estimate of drug-likeness (QED) is 0.589. The predicted molar refractivity (Wildman–Crippen MR) is 109 cm³/mol. The number of benzene rings is 1. The average Bonchev–Trinajstić information content (AvgIpc) is 3.06. The van der Waals surface area contributed by atoms with Gasteiger partial charge in [-0.15, -0.1) is 12.4 Å². The number of rotatable bonds is 3. The highest BCUT2D eigenvalue weighted by Crippen LogP contribution is 2.28. The Balaban J connectivity index is 0.00000210. The molecule has 0 saturated heterocycles. The summed E-state index contributed by atoms with van der Waals surface area (Å²) in [5, 5.41) is 9.30. The molecule has 3 aromatic heterocycles. The zero-order valence-corrected chi connectivity index (χ0v) is 16.2. The zero-order valence-electron chi connectivity index (χ0n) is 15.4. The molecular weight excluding hydrogens is 362 g/mol. The van der Waals surface area contributed by atoms with E-state index in [1.54, 1.807) is 25.2 Å². The minimum Gasteiger partial charge on any atom is -0.349 e. The Kier molecular flexibility index (Phi) is 5.10. The molecule has 1 N–H and O–H groups in total. The fourth-order valence-corrected chi connectivity index (χ4v) is 3.06. The lowest BCUT2D eigenvalue weighted by Gasteiger charge is -2.11. The molecule has 0 spiro atoms. The van der Waals surface area contributed by atoms with Gasteiger partial charge in [0, 0.05) is 31.1 Å². The number of carbonyl (C=O) groups excluding carboxylic acids is 1. The number of halogens is 1. The van der Waals surface area contributed by atoms with Gasteiger partial charge in [-0.2, -0.15) is 5.10 Å². The van der Waals surface area contributed by atoms with Gasteiger partial charge in [-0.25, -0.2) is 9.97 Å². The first-order chi connectivity index (χ1) is 12.5. The van der Waals surface area contributed by atoms with Gasteiger partial charge in [0.2, 0.25) is 5.91 Å². The second-order valence-electron chi connectivity index (χ2n) is 6.61. The van der Waals surface area contributed by atoms with Gasteiger partial charge in [-0.3, -0.25) is 9.89 Å². The number of H-pyrrole nitrogens is 1. The van der Waals surface area contributed by atoms with Gasteiger partial charge in [0.25, 0.3) is 0 Å². The average molecular weight is 382 g/mol. The van der Waals surface area contributed by atoms with Crippen molar-refractivity contribution in [2.24, 2.45) is 0 Å². The maximum absolute atomic E-state index is 12.0. The number of nitrogens with one attached hydrogen (secondary N) is 1. The van der Waals surface area contributed by atoms with Gasteiger partial charge in [-0.1, -0.05) is 6.07 Å². The molecule has 0 aliphatic rings. The summed E-state index contributed by atoms with van der Waals surface area (Å²) in [6.07, 6.45) is 2.11. The highest BCUT2D eigenvalue weighted by Gasteiger charge is 2.13. The third-order valence-corrected chi connectivity index (χ3v) is 4.52. The van der Waals surface area contributed by atoms with E-state index in [2.05, 4.69) is 28.2 Å². The summed E-state index contributed by atoms with van der Waals surface area (Å²) >= 11 is 0. The van der Waals surface area contributed by atoms with Crippen LogP contribution >= 0.6 is 12.4 Å². The molecule has 4 aromatic rings. The summed E-state index contributed by atoms with van der Waals surface area (Å²) in [5.41, 5.74) is 5.38. The number of fused-ring (bicyclic) bond motifs is 2. The van der Waals surface area contributed by atoms with E-state index in [1.807, 2.05) is 30.3 Å². The second-order valence-corrected chi connectivity index (χ2v) is 6.61. The topological polar surface area (TPSA) is 74.8 Å². The predicted octanol–water partition coefficient (Wildman–Crippen LogP) is 3.53. The normalized spacial score (nSPS) is 10.8. The minimum atomic E-state index is 0. The van der Waals surface area contributed by atoms with E-state index in [1.165, 1.54) is 0 Å². The van der Waals surface area contributed by atoms with E-state index in [4.69, 9.17) is 4.98 Å². The van der Waals surface area contributed by atoms with Gasteiger partial charge in [0.05, 0.1) is 23.3 Å². The lowest BCUT2D eigenvalue weighted by molar-refractivity contribution is -0.127. The molecule has 7 heteroatoms. The van der Waals surface area contributed by atoms with Crippen molar-refractivity contribution in [2.75, 3.05) is 14.1 Å². The summed E-state index contributed by atoms with van der Waals surface area (Å²) in [5.74, 6) is 0.0861. The molecule has 0 bridgehead atoms. The molecular formula is C20H20ClN5O. The monoisotopic (exact) mass is 381 g/mol. The van der Waals surface area contributed by atoms with Crippen molar-refractivity contribution >= 4 is 40.3 Å². The Morgan fingerprint density at radius 1 is 1.15 bits per heavy atom. The van der Waals surface area contributed by atoms with Gasteiger partial charge < -0.3 is 4.90 Å². The van der Waals surface area contributed by atoms with Crippen LogP contribution in [0.15, 0.2) is 42.6 Å². The smallest absolute Gasteiger partial charge is 0.226 e. The lowest BCUT2D eigenvalue weighted by atomic mass is 10.0. The molecule has 0 atom stereocenters. The maximum Gasteiger partial charge on any atom is 0.226 e. The summed E-state index contributed by atoms with van der Waals surface area (Å²) in [6.45, 7) is 2.06. The van der Waals surface area contributed by atoms with E-state index in [0.717, 1.165) is 38.8 Å². The maximum atomic E-state index is 12.0. The number of carbonyl (C=O) groups is 1. The van der Waals surface area contributed by atoms with Crippen molar-refractivity contribution < 1.29 is 4.79 Å². The van der Waals surface area contributed by atoms with Crippen LogP contribution in [0.3, 0.4) is 0 Å². The van der Waals surface area contributed by atoms with E-state index < -0.39 is 0 Å². The summed E-state index contributed by atoms with van der Waals surface area (Å²) < 4.78 is 0. The molecule has 1 aromatic carbocycles. The molecule has 0 unspecified atom stereocenters. The number of aromatic amines is 1. The largest absolute Gasteiger partial charge is 0.349 e. The number of amides is 1. The number of hydrogen-bond donors (Lipinski definition) is 1. The molecule has 4 rings (SSSR count). The number of pyridine rings is 2. The molecule has 27 heavy (non-hydrogen) atoms. The van der Waals surface area contributed by atoms with Crippen molar-refractivity contribution in [3.8, 4) is 11.4 Å². The first kappa shape index (κ1) is 18.8. The number of likely N-dealkylation sites (N-methyl/N-ethyl adjacent to an activating group) is 1. The van der Waals surface area contributed by atoms with Crippen LogP contribution in [0, 0.1) is 6.92 Å². The Hall–Kier alpha value is -2.99. The van der Waals surface area contributed by atoms with Gasteiger partial charge in [0.1, 0.15) is 0 Å². The van der Waals surface area contributed by atoms with Gasteiger partial charge in [0.15, 0.2) is 5.65 Å². The Morgan fingerprint density at radius 3 is 2.74 bits per heavy atom. The summed E-state index contributed by atoms with van der Waals surface area (Å²) in [4.78, 5) is 22.6. The highest BCUT2D eigenvalue weighted by atomic mass is 35.5. The summed E-state index contributed by atoms with van der Waals surface area (Å²) in [6, 6.07) is 11.9. The lowest BCUT2D eigenvalue weighted by Crippen LogP contribution is -2.23. The minimum absolute atomic E-state index is 0. The van der Waals surface area contributed by atoms with Crippen LogP contribution < -0.4 is 0 Å². The van der Waals surface area contributed by atoms with Crippen LogP contribution in [0.1, 0.15) is 11.1 Å². The Labute approximate surface area is 163 Å². The first-order valence-corrected chi connectivity index (χ1v) is 8.43. The van der Waals surface area contributed by atoms with E-state index in [-0.39, 0.29) is 18.3 Å². The number of aromatic nitrogens is 4. The number of hydrogen-bond acceptors (Lipinski definition) is 4. The molecule has 0 radical (unpaired) electrons. The van der Waals surface area contributed by atoms with Crippen molar-refractivity contribution in [1.29, 1.82) is 0 Å². The number of aryl methyl sites for hydroxylation is 1. The molecule has 1 amide bonds. The van der Waals surface area contributed by atoms with Gasteiger partial charge >= 0.3 is 0 Å². The molecule has 3 heterocycles. The molecule has 0 aliphatic heterocycles. The van der Waals surface area contributed by atoms with Gasteiger partial charge in [-0.05, 0) is 48.4 Å². The number of nitrogens with zero attached hydrogens (tertiary/aromatic N) is 4. The van der Waals surface area contributed by atoms with E-state index in [9.17, 15) is 4.79 Å².